The van der Waals surface area contributed by atoms with Crippen LogP contribution in [0.4, 0.5) is 0 Å². The Morgan fingerprint density at radius 2 is 1.85 bits per heavy atom. The third kappa shape index (κ3) is 5.64. The first-order valence-corrected chi connectivity index (χ1v) is 11.8. The average molecular weight is 457 g/mol. The highest BCUT2D eigenvalue weighted by Crippen LogP contribution is 2.31. The molecule has 0 N–H and O–H groups in total. The standard InChI is InChI=1S/C24H32N4O5/c1-3-31-21-14-18(9-10-20(21)32-16-22(29)27-11-5-4-6-12-27)24(30)28-13-7-8-19(15-28)23-25-17(2)26-33-23/h9-10,14,19H,3-8,11-13,15-16H2,1-2H3. The molecule has 9 nitrogen and oxygen atoms in total. The maximum Gasteiger partial charge on any atom is 0.260 e. The van der Waals surface area contributed by atoms with Crippen LogP contribution < -0.4 is 9.47 Å². The van der Waals surface area contributed by atoms with Gasteiger partial charge in [0.1, 0.15) is 0 Å². The van der Waals surface area contributed by atoms with Crippen molar-refractivity contribution in [2.75, 3.05) is 39.4 Å². The Morgan fingerprint density at radius 3 is 2.58 bits per heavy atom. The number of aromatic nitrogens is 2. The first-order valence-electron chi connectivity index (χ1n) is 11.8. The summed E-state index contributed by atoms with van der Waals surface area (Å²) in [5.74, 6) is 2.07. The van der Waals surface area contributed by atoms with E-state index in [1.54, 1.807) is 25.1 Å². The van der Waals surface area contributed by atoms with E-state index < -0.39 is 0 Å². The molecule has 2 aromatic rings. The zero-order valence-electron chi connectivity index (χ0n) is 19.4. The van der Waals surface area contributed by atoms with E-state index in [-0.39, 0.29) is 24.3 Å². The number of aryl methyl sites for hydroxylation is 1. The van der Waals surface area contributed by atoms with Crippen LogP contribution in [0.1, 0.15) is 67.0 Å². The van der Waals surface area contributed by atoms with Crippen LogP contribution in [0.5, 0.6) is 11.5 Å². The van der Waals surface area contributed by atoms with Gasteiger partial charge in [0.2, 0.25) is 5.89 Å². The number of nitrogens with zero attached hydrogens (tertiary/aromatic N) is 4. The average Bonchev–Trinajstić information content (AvgIpc) is 3.29. The molecule has 2 aliphatic heterocycles. The molecule has 4 rings (SSSR count). The number of hydrogen-bond acceptors (Lipinski definition) is 7. The van der Waals surface area contributed by atoms with Crippen LogP contribution in [-0.4, -0.2) is 71.1 Å². The largest absolute Gasteiger partial charge is 0.490 e. The molecule has 1 aromatic heterocycles. The lowest BCUT2D eigenvalue weighted by Gasteiger charge is -2.31. The highest BCUT2D eigenvalue weighted by atomic mass is 16.5. The molecule has 1 unspecified atom stereocenters. The quantitative estimate of drug-likeness (QED) is 0.631. The lowest BCUT2D eigenvalue weighted by atomic mass is 9.97. The molecular weight excluding hydrogens is 424 g/mol. The van der Waals surface area contributed by atoms with Gasteiger partial charge in [0.05, 0.1) is 12.5 Å². The Labute approximate surface area is 194 Å². The molecule has 2 fully saturated rings. The van der Waals surface area contributed by atoms with Crippen molar-refractivity contribution in [3.8, 4) is 11.5 Å². The molecule has 0 bridgehead atoms. The molecule has 1 atom stereocenters. The van der Waals surface area contributed by atoms with E-state index in [2.05, 4.69) is 10.1 Å². The highest BCUT2D eigenvalue weighted by molar-refractivity contribution is 5.95. The normalized spacial score (nSPS) is 18.8. The van der Waals surface area contributed by atoms with Crippen molar-refractivity contribution in [1.29, 1.82) is 0 Å². The Hall–Kier alpha value is -3.10. The fourth-order valence-corrected chi connectivity index (χ4v) is 4.43. The van der Waals surface area contributed by atoms with Gasteiger partial charge in [-0.05, 0) is 64.2 Å². The van der Waals surface area contributed by atoms with Crippen LogP contribution in [0, 0.1) is 6.92 Å². The highest BCUT2D eigenvalue weighted by Gasteiger charge is 2.29. The predicted octanol–water partition coefficient (Wildman–Crippen LogP) is 3.19. The van der Waals surface area contributed by atoms with Crippen molar-refractivity contribution in [1.82, 2.24) is 19.9 Å². The van der Waals surface area contributed by atoms with Crippen LogP contribution in [0.15, 0.2) is 22.7 Å². The number of ether oxygens (including phenoxy) is 2. The zero-order valence-corrected chi connectivity index (χ0v) is 19.4. The molecule has 0 aliphatic carbocycles. The molecular formula is C24H32N4O5. The number of hydrogen-bond donors (Lipinski definition) is 0. The minimum atomic E-state index is -0.0761. The number of benzene rings is 1. The Bertz CT molecular complexity index is 970. The van der Waals surface area contributed by atoms with Gasteiger partial charge in [-0.1, -0.05) is 5.16 Å². The van der Waals surface area contributed by atoms with Crippen molar-refractivity contribution < 1.29 is 23.6 Å². The van der Waals surface area contributed by atoms with Crippen molar-refractivity contribution >= 4 is 11.8 Å². The summed E-state index contributed by atoms with van der Waals surface area (Å²) >= 11 is 0. The Kier molecular flexibility index (Phi) is 7.47. The summed E-state index contributed by atoms with van der Waals surface area (Å²) in [6, 6.07) is 5.14. The van der Waals surface area contributed by atoms with E-state index in [0.717, 1.165) is 38.8 Å². The van der Waals surface area contributed by atoms with E-state index in [1.807, 2.05) is 16.7 Å². The Balaban J connectivity index is 1.42. The van der Waals surface area contributed by atoms with Gasteiger partial charge >= 0.3 is 0 Å². The van der Waals surface area contributed by atoms with Crippen molar-refractivity contribution in [2.45, 2.75) is 51.9 Å². The van der Waals surface area contributed by atoms with Crippen LogP contribution in [-0.2, 0) is 4.79 Å². The van der Waals surface area contributed by atoms with Crippen LogP contribution in [0.25, 0.3) is 0 Å². The fraction of sp³-hybridized carbons (Fsp3) is 0.583. The number of amides is 2. The minimum Gasteiger partial charge on any atom is -0.490 e. The molecule has 2 amide bonds. The van der Waals surface area contributed by atoms with Gasteiger partial charge in [-0.3, -0.25) is 9.59 Å². The van der Waals surface area contributed by atoms with Gasteiger partial charge in [-0.2, -0.15) is 4.98 Å². The molecule has 1 aromatic carbocycles. The van der Waals surface area contributed by atoms with Crippen LogP contribution in [0.2, 0.25) is 0 Å². The minimum absolute atomic E-state index is 0.0204. The molecule has 0 radical (unpaired) electrons. The lowest BCUT2D eigenvalue weighted by Crippen LogP contribution is -2.39. The summed E-state index contributed by atoms with van der Waals surface area (Å²) in [7, 11) is 0. The number of likely N-dealkylation sites (tertiary alicyclic amines) is 2. The van der Waals surface area contributed by atoms with Crippen molar-refractivity contribution in [3.05, 3.63) is 35.5 Å². The first-order chi connectivity index (χ1) is 16.0. The molecule has 2 saturated heterocycles. The number of carbonyl (C=O) groups is 2. The SMILES string of the molecule is CCOc1cc(C(=O)N2CCCC(c3nc(C)no3)C2)ccc1OCC(=O)N1CCCCC1. The third-order valence-corrected chi connectivity index (χ3v) is 6.15. The number of rotatable bonds is 7. The maximum atomic E-state index is 13.2. The first kappa shape index (κ1) is 23.1. The summed E-state index contributed by atoms with van der Waals surface area (Å²) in [5.41, 5.74) is 0.524. The second-order valence-electron chi connectivity index (χ2n) is 8.59. The molecule has 9 heteroatoms. The lowest BCUT2D eigenvalue weighted by molar-refractivity contribution is -0.134. The van der Waals surface area contributed by atoms with Gasteiger partial charge in [-0.15, -0.1) is 0 Å². The smallest absolute Gasteiger partial charge is 0.260 e. The van der Waals surface area contributed by atoms with Crippen molar-refractivity contribution in [3.63, 3.8) is 0 Å². The van der Waals surface area contributed by atoms with E-state index in [0.29, 0.717) is 48.5 Å². The zero-order chi connectivity index (χ0) is 23.2. The second-order valence-corrected chi connectivity index (χ2v) is 8.59. The van der Waals surface area contributed by atoms with Crippen molar-refractivity contribution in [2.24, 2.45) is 0 Å². The molecule has 178 valence electrons. The van der Waals surface area contributed by atoms with Crippen LogP contribution >= 0.6 is 0 Å². The molecule has 3 heterocycles. The summed E-state index contributed by atoms with van der Waals surface area (Å²) in [4.78, 5) is 33.7. The van der Waals surface area contributed by atoms with Gasteiger partial charge in [0.15, 0.2) is 23.9 Å². The predicted molar refractivity (Wildman–Crippen MR) is 120 cm³/mol. The fourth-order valence-electron chi connectivity index (χ4n) is 4.43. The van der Waals surface area contributed by atoms with E-state index >= 15 is 0 Å². The summed E-state index contributed by atoms with van der Waals surface area (Å²) in [6.45, 7) is 6.83. The summed E-state index contributed by atoms with van der Waals surface area (Å²) in [6.07, 6.45) is 5.02. The van der Waals surface area contributed by atoms with Gasteiger partial charge < -0.3 is 23.8 Å². The monoisotopic (exact) mass is 456 g/mol. The van der Waals surface area contributed by atoms with Gasteiger partial charge in [0, 0.05) is 31.7 Å². The van der Waals surface area contributed by atoms with Crippen LogP contribution in [0.3, 0.4) is 0 Å². The summed E-state index contributed by atoms with van der Waals surface area (Å²) in [5, 5.41) is 3.87. The topological polar surface area (TPSA) is 98.0 Å². The molecule has 2 aliphatic rings. The molecule has 33 heavy (non-hydrogen) atoms. The molecule has 0 saturated carbocycles. The number of piperidine rings is 2. The van der Waals surface area contributed by atoms with E-state index in [4.69, 9.17) is 14.0 Å². The van der Waals surface area contributed by atoms with Gasteiger partial charge in [0.25, 0.3) is 11.8 Å². The molecule has 0 spiro atoms. The van der Waals surface area contributed by atoms with E-state index in [1.165, 1.54) is 6.42 Å². The van der Waals surface area contributed by atoms with Gasteiger partial charge in [-0.25, -0.2) is 0 Å². The number of carbonyl (C=O) groups excluding carboxylic acids is 2. The maximum absolute atomic E-state index is 13.2. The second kappa shape index (κ2) is 10.7. The summed E-state index contributed by atoms with van der Waals surface area (Å²) < 4.78 is 16.9. The van der Waals surface area contributed by atoms with E-state index in [9.17, 15) is 9.59 Å². The third-order valence-electron chi connectivity index (χ3n) is 6.15. The Morgan fingerprint density at radius 1 is 1.06 bits per heavy atom.